The Morgan fingerprint density at radius 1 is 1.00 bits per heavy atom. The van der Waals surface area contributed by atoms with Gasteiger partial charge in [-0.05, 0) is 80.1 Å². The van der Waals surface area contributed by atoms with E-state index in [0.717, 1.165) is 25.8 Å². The minimum atomic E-state index is 0.406. The van der Waals surface area contributed by atoms with Crippen LogP contribution in [0.2, 0.25) is 10.0 Å². The number of aliphatic imine (C=N–C) groups is 1. The van der Waals surface area contributed by atoms with Crippen LogP contribution in [0.15, 0.2) is 44.3 Å². The SMILES string of the molecule is Clc1ccc(COc2c(Br)cc(/C=N/C3CCCCC3)cc2Br)cc1Cl. The van der Waals surface area contributed by atoms with Crippen molar-refractivity contribution in [1.29, 1.82) is 0 Å². The average molecular weight is 520 g/mol. The van der Waals surface area contributed by atoms with Gasteiger partial charge in [-0.2, -0.15) is 0 Å². The number of ether oxygens (including phenoxy) is 1. The molecule has 1 aliphatic rings. The molecule has 1 aliphatic carbocycles. The molecule has 2 nitrogen and oxygen atoms in total. The third-order valence-corrected chi connectivity index (χ3v) is 6.31. The Bertz CT molecular complexity index is 781. The zero-order chi connectivity index (χ0) is 18.5. The van der Waals surface area contributed by atoms with Crippen LogP contribution in [0.3, 0.4) is 0 Å². The average Bonchev–Trinajstić information content (AvgIpc) is 2.63. The minimum absolute atomic E-state index is 0.406. The number of benzene rings is 2. The Hall–Kier alpha value is -0.550. The first-order valence-electron chi connectivity index (χ1n) is 8.62. The van der Waals surface area contributed by atoms with E-state index >= 15 is 0 Å². The number of hydrogen-bond donors (Lipinski definition) is 0. The van der Waals surface area contributed by atoms with Crippen LogP contribution in [-0.2, 0) is 6.61 Å². The zero-order valence-corrected chi connectivity index (χ0v) is 18.8. The molecule has 0 radical (unpaired) electrons. The van der Waals surface area contributed by atoms with Gasteiger partial charge in [-0.25, -0.2) is 0 Å². The summed E-state index contributed by atoms with van der Waals surface area (Å²) in [6, 6.07) is 10.0. The van der Waals surface area contributed by atoms with Crippen molar-refractivity contribution in [2.45, 2.75) is 44.8 Å². The molecule has 3 rings (SSSR count). The summed E-state index contributed by atoms with van der Waals surface area (Å²) in [6.45, 7) is 0.406. The van der Waals surface area contributed by atoms with E-state index in [1.54, 1.807) is 6.07 Å². The number of halogens is 4. The van der Waals surface area contributed by atoms with Crippen LogP contribution in [0, 0.1) is 0 Å². The van der Waals surface area contributed by atoms with Gasteiger partial charge in [0.25, 0.3) is 0 Å². The molecule has 0 amide bonds. The first-order chi connectivity index (χ1) is 12.5. The van der Waals surface area contributed by atoms with Crippen molar-refractivity contribution < 1.29 is 4.74 Å². The lowest BCUT2D eigenvalue weighted by atomic mass is 9.96. The quantitative estimate of drug-likeness (QED) is 0.368. The van der Waals surface area contributed by atoms with E-state index in [1.807, 2.05) is 30.5 Å². The number of nitrogens with zero attached hydrogens (tertiary/aromatic N) is 1. The summed E-state index contributed by atoms with van der Waals surface area (Å²) >= 11 is 19.2. The summed E-state index contributed by atoms with van der Waals surface area (Å²) in [6.07, 6.45) is 8.28. The first kappa shape index (κ1) is 20.2. The third-order valence-electron chi connectivity index (χ3n) is 4.40. The molecule has 0 atom stereocenters. The molecule has 0 bridgehead atoms. The van der Waals surface area contributed by atoms with Gasteiger partial charge in [0.1, 0.15) is 12.4 Å². The molecule has 2 aromatic rings. The molecule has 0 saturated heterocycles. The van der Waals surface area contributed by atoms with Gasteiger partial charge in [-0.3, -0.25) is 4.99 Å². The summed E-state index contributed by atoms with van der Waals surface area (Å²) in [7, 11) is 0. The largest absolute Gasteiger partial charge is 0.487 e. The fraction of sp³-hybridized carbons (Fsp3) is 0.350. The van der Waals surface area contributed by atoms with E-state index in [0.29, 0.717) is 22.7 Å². The van der Waals surface area contributed by atoms with Crippen molar-refractivity contribution in [2.24, 2.45) is 4.99 Å². The Balaban J connectivity index is 1.68. The standard InChI is InChI=1S/C20H19Br2Cl2NO/c21-16-8-14(11-25-15-4-2-1-3-5-15)9-17(22)20(16)26-12-13-6-7-18(23)19(24)10-13/h6-11,15H,1-5,12H2/b25-11+. The molecule has 2 aromatic carbocycles. The van der Waals surface area contributed by atoms with Gasteiger partial charge in [0.05, 0.1) is 19.0 Å². The molecule has 0 aromatic heterocycles. The van der Waals surface area contributed by atoms with Crippen molar-refractivity contribution in [2.75, 3.05) is 0 Å². The lowest BCUT2D eigenvalue weighted by molar-refractivity contribution is 0.302. The Morgan fingerprint density at radius 3 is 2.35 bits per heavy atom. The smallest absolute Gasteiger partial charge is 0.148 e. The Labute approximate surface area is 181 Å². The highest BCUT2D eigenvalue weighted by Gasteiger charge is 2.12. The molecule has 0 aliphatic heterocycles. The van der Waals surface area contributed by atoms with E-state index in [1.165, 1.54) is 32.1 Å². The normalized spacial score (nSPS) is 15.5. The fourth-order valence-electron chi connectivity index (χ4n) is 3.00. The molecule has 6 heteroatoms. The fourth-order valence-corrected chi connectivity index (χ4v) is 4.77. The molecule has 0 heterocycles. The summed E-state index contributed by atoms with van der Waals surface area (Å²) in [4.78, 5) is 4.74. The Kier molecular flexibility index (Phi) is 7.44. The van der Waals surface area contributed by atoms with Gasteiger partial charge in [-0.1, -0.05) is 48.5 Å². The van der Waals surface area contributed by atoms with Crippen molar-refractivity contribution >= 4 is 61.3 Å². The van der Waals surface area contributed by atoms with Crippen molar-refractivity contribution in [1.82, 2.24) is 0 Å². The van der Waals surface area contributed by atoms with Crippen LogP contribution in [0.25, 0.3) is 0 Å². The predicted octanol–water partition coefficient (Wildman–Crippen LogP) is 7.85. The van der Waals surface area contributed by atoms with Gasteiger partial charge >= 0.3 is 0 Å². The van der Waals surface area contributed by atoms with Gasteiger partial charge < -0.3 is 4.74 Å². The zero-order valence-electron chi connectivity index (χ0n) is 14.2. The van der Waals surface area contributed by atoms with Gasteiger partial charge in [0.2, 0.25) is 0 Å². The summed E-state index contributed by atoms with van der Waals surface area (Å²) in [5, 5.41) is 1.07. The second kappa shape index (κ2) is 9.59. The molecule has 0 N–H and O–H groups in total. The second-order valence-electron chi connectivity index (χ2n) is 6.42. The lowest BCUT2D eigenvalue weighted by Crippen LogP contribution is -2.09. The minimum Gasteiger partial charge on any atom is -0.487 e. The molecular formula is C20H19Br2Cl2NO. The summed E-state index contributed by atoms with van der Waals surface area (Å²) in [5.74, 6) is 0.755. The van der Waals surface area contributed by atoms with Crippen molar-refractivity contribution in [3.05, 3.63) is 60.4 Å². The summed E-state index contributed by atoms with van der Waals surface area (Å²) < 4.78 is 7.73. The molecule has 0 unspecified atom stereocenters. The van der Waals surface area contributed by atoms with E-state index < -0.39 is 0 Å². The maximum absolute atomic E-state index is 6.06. The molecule has 138 valence electrons. The van der Waals surface area contributed by atoms with Crippen LogP contribution in [0.1, 0.15) is 43.2 Å². The van der Waals surface area contributed by atoms with Gasteiger partial charge in [0, 0.05) is 12.3 Å². The van der Waals surface area contributed by atoms with E-state index in [2.05, 4.69) is 31.9 Å². The van der Waals surface area contributed by atoms with E-state index in [4.69, 9.17) is 32.9 Å². The number of hydrogen-bond acceptors (Lipinski definition) is 2. The topological polar surface area (TPSA) is 21.6 Å². The Morgan fingerprint density at radius 2 is 1.69 bits per heavy atom. The second-order valence-corrected chi connectivity index (χ2v) is 8.94. The molecule has 1 saturated carbocycles. The molecule has 26 heavy (non-hydrogen) atoms. The maximum atomic E-state index is 6.06. The third kappa shape index (κ3) is 5.48. The predicted molar refractivity (Wildman–Crippen MR) is 117 cm³/mol. The maximum Gasteiger partial charge on any atom is 0.148 e. The highest BCUT2D eigenvalue weighted by Crippen LogP contribution is 2.35. The van der Waals surface area contributed by atoms with Gasteiger partial charge in [0.15, 0.2) is 0 Å². The van der Waals surface area contributed by atoms with Gasteiger partial charge in [-0.15, -0.1) is 0 Å². The van der Waals surface area contributed by atoms with Crippen LogP contribution in [0.5, 0.6) is 5.75 Å². The molecular weight excluding hydrogens is 501 g/mol. The van der Waals surface area contributed by atoms with Crippen LogP contribution < -0.4 is 4.74 Å². The highest BCUT2D eigenvalue weighted by molar-refractivity contribution is 9.11. The monoisotopic (exact) mass is 517 g/mol. The van der Waals surface area contributed by atoms with Crippen molar-refractivity contribution in [3.8, 4) is 5.75 Å². The summed E-state index contributed by atoms with van der Waals surface area (Å²) in [5.41, 5.74) is 2.01. The van der Waals surface area contributed by atoms with Crippen LogP contribution in [-0.4, -0.2) is 12.3 Å². The highest BCUT2D eigenvalue weighted by atomic mass is 79.9. The lowest BCUT2D eigenvalue weighted by Gasteiger charge is -2.17. The van der Waals surface area contributed by atoms with E-state index in [-0.39, 0.29) is 0 Å². The first-order valence-corrected chi connectivity index (χ1v) is 11.0. The molecule has 0 spiro atoms. The van der Waals surface area contributed by atoms with Crippen molar-refractivity contribution in [3.63, 3.8) is 0 Å². The molecule has 1 fully saturated rings. The van der Waals surface area contributed by atoms with Crippen LogP contribution >= 0.6 is 55.1 Å². The van der Waals surface area contributed by atoms with Crippen LogP contribution in [0.4, 0.5) is 0 Å². The van der Waals surface area contributed by atoms with E-state index in [9.17, 15) is 0 Å². The number of rotatable bonds is 5.